The molecule has 0 unspecified atom stereocenters. The Balaban J connectivity index is 1.00. The molecule has 11 aromatic rings. The standard InChI is InChI=1S/C53H33N3S/c1-2-13-36(14-3-1)40-16-6-9-21-46(40)52-54-51(55-53(56-52)47-23-12-22-45-44-20-10-11-24-49(44)57-50(45)47)38-31-27-35(28-32-38)34-25-29-37(30-26-34)48-33-39-15-4-5-17-41(39)42-18-7-8-19-43(42)48/h1-33H. The molecule has 0 N–H and O–H groups in total. The van der Waals surface area contributed by atoms with Gasteiger partial charge in [-0.15, -0.1) is 11.3 Å². The van der Waals surface area contributed by atoms with E-state index >= 15 is 0 Å². The van der Waals surface area contributed by atoms with E-state index in [1.807, 2.05) is 6.07 Å². The van der Waals surface area contributed by atoms with Gasteiger partial charge in [0.25, 0.3) is 0 Å². The van der Waals surface area contributed by atoms with Gasteiger partial charge in [0.1, 0.15) is 0 Å². The van der Waals surface area contributed by atoms with E-state index in [9.17, 15) is 0 Å². The molecule has 0 spiro atoms. The van der Waals surface area contributed by atoms with Crippen molar-refractivity contribution in [2.75, 3.05) is 0 Å². The second-order valence-corrected chi connectivity index (χ2v) is 15.4. The molecule has 0 amide bonds. The van der Waals surface area contributed by atoms with Crippen LogP contribution in [-0.4, -0.2) is 15.0 Å². The summed E-state index contributed by atoms with van der Waals surface area (Å²) in [5, 5.41) is 7.53. The van der Waals surface area contributed by atoms with E-state index in [1.165, 1.54) is 52.8 Å². The van der Waals surface area contributed by atoms with Gasteiger partial charge in [0.15, 0.2) is 17.5 Å². The van der Waals surface area contributed by atoms with Gasteiger partial charge in [-0.1, -0.05) is 182 Å². The lowest BCUT2D eigenvalue weighted by Crippen LogP contribution is -2.01. The Morgan fingerprint density at radius 1 is 0.281 bits per heavy atom. The van der Waals surface area contributed by atoms with Crippen molar-refractivity contribution in [1.29, 1.82) is 0 Å². The average molecular weight is 744 g/mol. The fraction of sp³-hybridized carbons (Fsp3) is 0. The molecule has 57 heavy (non-hydrogen) atoms. The molecular weight excluding hydrogens is 711 g/mol. The van der Waals surface area contributed by atoms with Crippen molar-refractivity contribution in [3.8, 4) is 67.5 Å². The third-order valence-electron chi connectivity index (χ3n) is 11.0. The lowest BCUT2D eigenvalue weighted by molar-refractivity contribution is 1.08. The molecule has 9 aromatic carbocycles. The highest BCUT2D eigenvalue weighted by Gasteiger charge is 2.18. The smallest absolute Gasteiger partial charge is 0.165 e. The van der Waals surface area contributed by atoms with Crippen LogP contribution in [0.4, 0.5) is 0 Å². The Morgan fingerprint density at radius 2 is 0.789 bits per heavy atom. The van der Waals surface area contributed by atoms with Gasteiger partial charge in [-0.2, -0.15) is 0 Å². The molecule has 11 rings (SSSR count). The summed E-state index contributed by atoms with van der Waals surface area (Å²) in [6, 6.07) is 71.0. The fourth-order valence-electron chi connectivity index (χ4n) is 8.16. The van der Waals surface area contributed by atoms with Crippen molar-refractivity contribution in [3.05, 3.63) is 200 Å². The zero-order valence-electron chi connectivity index (χ0n) is 30.8. The molecule has 0 aliphatic carbocycles. The minimum Gasteiger partial charge on any atom is -0.208 e. The van der Waals surface area contributed by atoms with Crippen LogP contribution in [0.2, 0.25) is 0 Å². The molecule has 0 fully saturated rings. The Kier molecular flexibility index (Phi) is 8.01. The predicted molar refractivity (Wildman–Crippen MR) is 240 cm³/mol. The van der Waals surface area contributed by atoms with E-state index in [1.54, 1.807) is 11.3 Å². The molecule has 0 aliphatic heterocycles. The van der Waals surface area contributed by atoms with E-state index in [-0.39, 0.29) is 0 Å². The van der Waals surface area contributed by atoms with Crippen LogP contribution in [-0.2, 0) is 0 Å². The SMILES string of the molecule is c1ccc(-c2ccccc2-c2nc(-c3ccc(-c4ccc(-c5cc6ccccc6c6ccccc56)cc4)cc3)nc(-c3cccc4c3sc3ccccc34)n2)cc1. The summed E-state index contributed by atoms with van der Waals surface area (Å²) in [4.78, 5) is 15.6. The van der Waals surface area contributed by atoms with Crippen molar-refractivity contribution in [2.24, 2.45) is 0 Å². The first-order valence-corrected chi connectivity index (χ1v) is 20.0. The van der Waals surface area contributed by atoms with Gasteiger partial charge in [0, 0.05) is 36.9 Å². The van der Waals surface area contributed by atoms with Gasteiger partial charge in [-0.25, -0.2) is 15.0 Å². The Labute approximate surface area is 334 Å². The molecule has 0 radical (unpaired) electrons. The van der Waals surface area contributed by atoms with Crippen LogP contribution < -0.4 is 0 Å². The quantitative estimate of drug-likeness (QED) is 0.159. The van der Waals surface area contributed by atoms with Gasteiger partial charge in [0.2, 0.25) is 0 Å². The highest BCUT2D eigenvalue weighted by atomic mass is 32.1. The van der Waals surface area contributed by atoms with E-state index in [4.69, 9.17) is 15.0 Å². The summed E-state index contributed by atoms with van der Waals surface area (Å²) in [6.45, 7) is 0. The van der Waals surface area contributed by atoms with E-state index in [0.29, 0.717) is 17.5 Å². The van der Waals surface area contributed by atoms with Crippen molar-refractivity contribution >= 4 is 53.1 Å². The van der Waals surface area contributed by atoms with Gasteiger partial charge in [-0.3, -0.25) is 0 Å². The summed E-state index contributed by atoms with van der Waals surface area (Å²) >= 11 is 1.79. The lowest BCUT2D eigenvalue weighted by Gasteiger charge is -2.13. The molecule has 0 aliphatic rings. The minimum absolute atomic E-state index is 0.640. The molecule has 0 bridgehead atoms. The zero-order valence-corrected chi connectivity index (χ0v) is 31.6. The maximum absolute atomic E-state index is 5.22. The molecule has 4 heteroatoms. The summed E-state index contributed by atoms with van der Waals surface area (Å²) in [5.41, 5.74) is 9.83. The average Bonchev–Trinajstić information content (AvgIpc) is 3.68. The highest BCUT2D eigenvalue weighted by molar-refractivity contribution is 7.26. The first-order valence-electron chi connectivity index (χ1n) is 19.2. The first-order chi connectivity index (χ1) is 28.2. The van der Waals surface area contributed by atoms with Gasteiger partial charge in [-0.05, 0) is 73.1 Å². The lowest BCUT2D eigenvalue weighted by atomic mass is 9.92. The molecular formula is C53H33N3S. The summed E-state index contributed by atoms with van der Waals surface area (Å²) in [7, 11) is 0. The summed E-state index contributed by atoms with van der Waals surface area (Å²) in [5.74, 6) is 1.95. The highest BCUT2D eigenvalue weighted by Crippen LogP contribution is 2.41. The molecule has 0 saturated carbocycles. The summed E-state index contributed by atoms with van der Waals surface area (Å²) < 4.78 is 2.42. The van der Waals surface area contributed by atoms with Crippen molar-refractivity contribution in [3.63, 3.8) is 0 Å². The zero-order chi connectivity index (χ0) is 37.7. The van der Waals surface area contributed by atoms with Gasteiger partial charge in [0.05, 0.1) is 0 Å². The van der Waals surface area contributed by atoms with Crippen LogP contribution in [0.1, 0.15) is 0 Å². The van der Waals surface area contributed by atoms with Crippen LogP contribution in [0, 0.1) is 0 Å². The molecule has 0 saturated heterocycles. The Bertz CT molecular complexity index is 3280. The van der Waals surface area contributed by atoms with Crippen LogP contribution in [0.3, 0.4) is 0 Å². The molecule has 0 atom stereocenters. The molecule has 266 valence electrons. The Hall–Kier alpha value is -7.27. The number of fused-ring (bicyclic) bond motifs is 6. The van der Waals surface area contributed by atoms with E-state index in [2.05, 4.69) is 194 Å². The summed E-state index contributed by atoms with van der Waals surface area (Å²) in [6.07, 6.45) is 0. The number of benzene rings is 9. The number of thiophene rings is 1. The largest absolute Gasteiger partial charge is 0.208 e. The maximum atomic E-state index is 5.22. The first kappa shape index (κ1) is 33.1. The minimum atomic E-state index is 0.640. The number of nitrogens with zero attached hydrogens (tertiary/aromatic N) is 3. The second-order valence-electron chi connectivity index (χ2n) is 14.3. The van der Waals surface area contributed by atoms with Crippen LogP contribution in [0.15, 0.2) is 200 Å². The topological polar surface area (TPSA) is 38.7 Å². The fourth-order valence-corrected chi connectivity index (χ4v) is 9.38. The van der Waals surface area contributed by atoms with Gasteiger partial charge < -0.3 is 0 Å². The van der Waals surface area contributed by atoms with Crippen LogP contribution in [0.25, 0.3) is 109 Å². The molecule has 3 nitrogen and oxygen atoms in total. The number of hydrogen-bond donors (Lipinski definition) is 0. The Morgan fingerprint density at radius 3 is 1.56 bits per heavy atom. The maximum Gasteiger partial charge on any atom is 0.165 e. The third-order valence-corrected chi connectivity index (χ3v) is 12.2. The monoisotopic (exact) mass is 743 g/mol. The van der Waals surface area contributed by atoms with Crippen LogP contribution in [0.5, 0.6) is 0 Å². The van der Waals surface area contributed by atoms with Crippen molar-refractivity contribution in [2.45, 2.75) is 0 Å². The number of hydrogen-bond acceptors (Lipinski definition) is 4. The second kappa shape index (κ2) is 13.8. The molecule has 2 aromatic heterocycles. The van der Waals surface area contributed by atoms with Crippen molar-refractivity contribution in [1.82, 2.24) is 15.0 Å². The van der Waals surface area contributed by atoms with Crippen LogP contribution >= 0.6 is 11.3 Å². The number of rotatable bonds is 6. The van der Waals surface area contributed by atoms with Gasteiger partial charge >= 0.3 is 0 Å². The predicted octanol–water partition coefficient (Wildman–Crippen LogP) is 14.5. The van der Waals surface area contributed by atoms with E-state index < -0.39 is 0 Å². The number of aromatic nitrogens is 3. The molecule has 2 heterocycles. The third kappa shape index (κ3) is 5.86. The van der Waals surface area contributed by atoms with Crippen molar-refractivity contribution < 1.29 is 0 Å². The van der Waals surface area contributed by atoms with E-state index in [0.717, 1.165) is 38.9 Å². The normalized spacial score (nSPS) is 11.5.